The molecule has 0 saturated carbocycles. The quantitative estimate of drug-likeness (QED) is 0.0885. The molecule has 0 atom stereocenters. The van der Waals surface area contributed by atoms with Gasteiger partial charge in [0.1, 0.15) is 5.84 Å². The predicted molar refractivity (Wildman–Crippen MR) is 243 cm³/mol. The monoisotopic (exact) mass is 729 g/mol. The molecule has 57 heavy (non-hydrogen) atoms. The van der Waals surface area contributed by atoms with E-state index < -0.39 is 0 Å². The number of para-hydroxylation sites is 2. The van der Waals surface area contributed by atoms with E-state index >= 15 is 0 Å². The van der Waals surface area contributed by atoms with Gasteiger partial charge in [0, 0.05) is 32.8 Å². The van der Waals surface area contributed by atoms with E-state index in [9.17, 15) is 0 Å². The minimum Gasteiger partial charge on any atom is -0.309 e. The Kier molecular flexibility index (Phi) is 8.54. The van der Waals surface area contributed by atoms with Crippen LogP contribution < -0.4 is 0 Å². The molecule has 8 aromatic carbocycles. The van der Waals surface area contributed by atoms with Crippen molar-refractivity contribution in [3.05, 3.63) is 224 Å². The first-order chi connectivity index (χ1) is 28.1. The maximum absolute atomic E-state index is 5.32. The Morgan fingerprint density at radius 1 is 0.439 bits per heavy atom. The fourth-order valence-electron chi connectivity index (χ4n) is 8.28. The molecule has 0 saturated heterocycles. The molecular formula is C54H39N3. The Morgan fingerprint density at radius 3 is 1.56 bits per heavy atom. The highest BCUT2D eigenvalue weighted by molar-refractivity contribution is 6.16. The molecule has 0 bridgehead atoms. The summed E-state index contributed by atoms with van der Waals surface area (Å²) in [6.45, 7) is 6.51. The van der Waals surface area contributed by atoms with E-state index in [1.807, 2.05) is 24.3 Å². The third-order valence-electron chi connectivity index (χ3n) is 11.0. The van der Waals surface area contributed by atoms with Crippen LogP contribution in [0.5, 0.6) is 0 Å². The zero-order chi connectivity index (χ0) is 38.3. The normalized spacial score (nSPS) is 12.2. The highest BCUT2D eigenvalue weighted by Gasteiger charge is 2.17. The van der Waals surface area contributed by atoms with Gasteiger partial charge in [-0.05, 0) is 94.9 Å². The highest BCUT2D eigenvalue weighted by Crippen LogP contribution is 2.38. The number of fused-ring (bicyclic) bond motifs is 6. The van der Waals surface area contributed by atoms with E-state index in [1.165, 1.54) is 54.8 Å². The smallest absolute Gasteiger partial charge is 0.111 e. The van der Waals surface area contributed by atoms with Crippen molar-refractivity contribution in [2.75, 3.05) is 0 Å². The molecule has 10 aromatic rings. The van der Waals surface area contributed by atoms with Gasteiger partial charge in [0.2, 0.25) is 0 Å². The van der Waals surface area contributed by atoms with E-state index in [0.717, 1.165) is 45.0 Å². The number of aromatic nitrogens is 2. The molecule has 10 rings (SSSR count). The maximum atomic E-state index is 5.32. The lowest BCUT2D eigenvalue weighted by Gasteiger charge is -2.11. The maximum Gasteiger partial charge on any atom is 0.111 e. The van der Waals surface area contributed by atoms with Crippen LogP contribution in [-0.4, -0.2) is 15.0 Å². The van der Waals surface area contributed by atoms with E-state index in [-0.39, 0.29) is 0 Å². The van der Waals surface area contributed by atoms with Crippen molar-refractivity contribution >= 4 is 60.7 Å². The van der Waals surface area contributed by atoms with Crippen molar-refractivity contribution < 1.29 is 0 Å². The molecule has 270 valence electrons. The van der Waals surface area contributed by atoms with Gasteiger partial charge in [-0.15, -0.1) is 0 Å². The number of hydrogen-bond acceptors (Lipinski definition) is 1. The molecular weight excluding hydrogens is 691 g/mol. The van der Waals surface area contributed by atoms with Gasteiger partial charge in [0.05, 0.1) is 27.8 Å². The van der Waals surface area contributed by atoms with Crippen molar-refractivity contribution in [1.29, 1.82) is 0 Å². The van der Waals surface area contributed by atoms with Crippen LogP contribution in [0.3, 0.4) is 0 Å². The standard InChI is InChI=1S/C54H39N3/c1-37(39-16-6-3-7-17-39)34-50(42-20-10-5-11-21-42)55-38(2)56-51-24-14-12-22-46(51)48-35-43(28-32-53(48)56)44-29-33-54-49(36-44)47-23-13-15-25-52(47)57(54)45-30-26-41(27-31-45)40-18-8-4-9-19-40/h3-36H,1H2,2H3/b50-34-,55-38?. The minimum atomic E-state index is 0.865. The first-order valence-corrected chi connectivity index (χ1v) is 19.4. The lowest BCUT2D eigenvalue weighted by molar-refractivity contribution is 1.18. The molecule has 2 heterocycles. The second kappa shape index (κ2) is 14.3. The van der Waals surface area contributed by atoms with E-state index in [4.69, 9.17) is 4.99 Å². The van der Waals surface area contributed by atoms with Gasteiger partial charge in [-0.1, -0.05) is 158 Å². The summed E-state index contributed by atoms with van der Waals surface area (Å²) >= 11 is 0. The number of hydrogen-bond donors (Lipinski definition) is 0. The van der Waals surface area contributed by atoms with Crippen molar-refractivity contribution in [2.24, 2.45) is 4.99 Å². The summed E-state index contributed by atoms with van der Waals surface area (Å²) in [5.41, 5.74) is 14.5. The van der Waals surface area contributed by atoms with Crippen molar-refractivity contribution in [1.82, 2.24) is 9.13 Å². The summed E-state index contributed by atoms with van der Waals surface area (Å²) in [7, 11) is 0. The average molecular weight is 730 g/mol. The predicted octanol–water partition coefficient (Wildman–Crippen LogP) is 14.2. The van der Waals surface area contributed by atoms with Crippen LogP contribution in [-0.2, 0) is 0 Å². The Balaban J connectivity index is 1.07. The summed E-state index contributed by atoms with van der Waals surface area (Å²) < 4.78 is 4.67. The van der Waals surface area contributed by atoms with Crippen LogP contribution in [0, 0.1) is 0 Å². The van der Waals surface area contributed by atoms with Gasteiger partial charge in [-0.3, -0.25) is 4.57 Å². The average Bonchev–Trinajstić information content (AvgIpc) is 3.79. The van der Waals surface area contributed by atoms with Crippen molar-refractivity contribution in [2.45, 2.75) is 6.92 Å². The fourth-order valence-corrected chi connectivity index (χ4v) is 8.28. The molecule has 3 heteroatoms. The fraction of sp³-hybridized carbons (Fsp3) is 0.0185. The molecule has 0 fully saturated rings. The number of benzene rings is 8. The molecule has 3 nitrogen and oxygen atoms in total. The van der Waals surface area contributed by atoms with Crippen LogP contribution in [0.15, 0.2) is 218 Å². The molecule has 0 aliphatic heterocycles. The van der Waals surface area contributed by atoms with Gasteiger partial charge in [0.25, 0.3) is 0 Å². The first kappa shape index (κ1) is 34.0. The number of aliphatic imine (C=N–C) groups is 1. The van der Waals surface area contributed by atoms with Crippen LogP contribution in [0.1, 0.15) is 18.1 Å². The van der Waals surface area contributed by atoms with Crippen LogP contribution in [0.2, 0.25) is 0 Å². The van der Waals surface area contributed by atoms with Crippen LogP contribution in [0.4, 0.5) is 0 Å². The number of allylic oxidation sites excluding steroid dienone is 2. The largest absolute Gasteiger partial charge is 0.309 e. The summed E-state index contributed by atoms with van der Waals surface area (Å²) in [5, 5.41) is 4.86. The van der Waals surface area contributed by atoms with Crippen LogP contribution >= 0.6 is 0 Å². The second-order valence-corrected chi connectivity index (χ2v) is 14.5. The molecule has 0 aliphatic carbocycles. The van der Waals surface area contributed by atoms with Crippen molar-refractivity contribution in [3.63, 3.8) is 0 Å². The molecule has 0 amide bonds. The molecule has 2 aromatic heterocycles. The zero-order valence-electron chi connectivity index (χ0n) is 31.7. The summed E-state index contributed by atoms with van der Waals surface area (Å²) in [6.07, 6.45) is 2.09. The molecule has 0 radical (unpaired) electrons. The van der Waals surface area contributed by atoms with Gasteiger partial charge in [-0.25, -0.2) is 4.99 Å². The molecule has 0 spiro atoms. The Morgan fingerprint density at radius 2 is 0.895 bits per heavy atom. The van der Waals surface area contributed by atoms with E-state index in [1.54, 1.807) is 0 Å². The summed E-state index contributed by atoms with van der Waals surface area (Å²) in [6, 6.07) is 71.2. The van der Waals surface area contributed by atoms with Gasteiger partial charge >= 0.3 is 0 Å². The number of rotatable bonds is 7. The zero-order valence-corrected chi connectivity index (χ0v) is 31.7. The lowest BCUT2D eigenvalue weighted by Crippen LogP contribution is -2.07. The van der Waals surface area contributed by atoms with Gasteiger partial charge in [-0.2, -0.15) is 0 Å². The molecule has 0 aliphatic rings. The lowest BCUT2D eigenvalue weighted by atomic mass is 10.0. The third kappa shape index (κ3) is 6.16. The third-order valence-corrected chi connectivity index (χ3v) is 11.0. The molecule has 0 N–H and O–H groups in total. The Bertz CT molecular complexity index is 3160. The minimum absolute atomic E-state index is 0.865. The van der Waals surface area contributed by atoms with E-state index in [2.05, 4.69) is 205 Å². The Labute approximate surface area is 332 Å². The van der Waals surface area contributed by atoms with Crippen molar-refractivity contribution in [3.8, 4) is 27.9 Å². The van der Waals surface area contributed by atoms with E-state index in [0.29, 0.717) is 0 Å². The molecule has 0 unspecified atom stereocenters. The first-order valence-electron chi connectivity index (χ1n) is 19.4. The SMILES string of the molecule is C=C(/C=C(\N=C(C)n1c2ccccc2c2cc(-c3ccc4c(c3)c3ccccc3n4-c3ccc(-c4ccccc4)cc3)ccc21)c1ccccc1)c1ccccc1. The highest BCUT2D eigenvalue weighted by atomic mass is 15.1. The van der Waals surface area contributed by atoms with Crippen LogP contribution in [0.25, 0.3) is 82.8 Å². The summed E-state index contributed by atoms with van der Waals surface area (Å²) in [5.74, 6) is 0.885. The topological polar surface area (TPSA) is 22.2 Å². The van der Waals surface area contributed by atoms with Gasteiger partial charge in [0.15, 0.2) is 0 Å². The number of nitrogens with zero attached hydrogens (tertiary/aromatic N) is 3. The van der Waals surface area contributed by atoms with Gasteiger partial charge < -0.3 is 4.57 Å². The Hall–Kier alpha value is -7.49. The summed E-state index contributed by atoms with van der Waals surface area (Å²) in [4.78, 5) is 5.32. The second-order valence-electron chi connectivity index (χ2n) is 14.5.